The van der Waals surface area contributed by atoms with Crippen molar-refractivity contribution in [3.8, 4) is 0 Å². The number of nitrogens with zero attached hydrogens (tertiary/aromatic N) is 1. The Bertz CT molecular complexity index is 207. The second-order valence-electron chi connectivity index (χ2n) is 6.66. The van der Waals surface area contributed by atoms with Crippen molar-refractivity contribution in [2.24, 2.45) is 11.3 Å². The fourth-order valence-electron chi connectivity index (χ4n) is 2.14. The SMILES string of the molecule is CC(C)C(C)(C)CN1CCNC(C)(C)C1. The standard InChI is InChI=1S/C13H28N2/c1-11(2)12(3,4)9-15-8-7-14-13(5,6)10-15/h11,14H,7-10H2,1-6H3. The maximum Gasteiger partial charge on any atom is 0.0252 e. The summed E-state index contributed by atoms with van der Waals surface area (Å²) in [5.41, 5.74) is 0.707. The Kier molecular flexibility index (Phi) is 3.83. The molecule has 0 saturated carbocycles. The first-order valence-electron chi connectivity index (χ1n) is 6.20. The van der Waals surface area contributed by atoms with Crippen molar-refractivity contribution in [1.29, 1.82) is 0 Å². The lowest BCUT2D eigenvalue weighted by atomic mass is 9.80. The van der Waals surface area contributed by atoms with Crippen LogP contribution in [0.1, 0.15) is 41.5 Å². The van der Waals surface area contributed by atoms with Crippen molar-refractivity contribution >= 4 is 0 Å². The van der Waals surface area contributed by atoms with Crippen molar-refractivity contribution in [3.05, 3.63) is 0 Å². The van der Waals surface area contributed by atoms with Gasteiger partial charge in [-0.25, -0.2) is 0 Å². The van der Waals surface area contributed by atoms with E-state index in [0.29, 0.717) is 5.41 Å². The third-order valence-corrected chi connectivity index (χ3v) is 3.84. The van der Waals surface area contributed by atoms with Crippen LogP contribution >= 0.6 is 0 Å². The van der Waals surface area contributed by atoms with E-state index in [9.17, 15) is 0 Å². The molecule has 15 heavy (non-hydrogen) atoms. The largest absolute Gasteiger partial charge is 0.309 e. The van der Waals surface area contributed by atoms with Gasteiger partial charge >= 0.3 is 0 Å². The second-order valence-corrected chi connectivity index (χ2v) is 6.66. The molecule has 0 amide bonds. The third-order valence-electron chi connectivity index (χ3n) is 3.84. The minimum atomic E-state index is 0.283. The summed E-state index contributed by atoms with van der Waals surface area (Å²) >= 11 is 0. The van der Waals surface area contributed by atoms with Gasteiger partial charge in [0, 0.05) is 31.7 Å². The Morgan fingerprint density at radius 2 is 1.93 bits per heavy atom. The summed E-state index contributed by atoms with van der Waals surface area (Å²) in [5, 5.41) is 3.56. The molecule has 2 nitrogen and oxygen atoms in total. The molecule has 1 aliphatic rings. The molecule has 2 heteroatoms. The summed E-state index contributed by atoms with van der Waals surface area (Å²) in [6.07, 6.45) is 0. The van der Waals surface area contributed by atoms with E-state index in [4.69, 9.17) is 0 Å². The predicted octanol–water partition coefficient (Wildman–Crippen LogP) is 2.35. The molecule has 0 aromatic heterocycles. The highest BCUT2D eigenvalue weighted by Crippen LogP contribution is 2.28. The van der Waals surface area contributed by atoms with E-state index in [1.807, 2.05) is 0 Å². The molecule has 0 radical (unpaired) electrons. The molecule has 0 atom stereocenters. The van der Waals surface area contributed by atoms with Crippen molar-refractivity contribution in [3.63, 3.8) is 0 Å². The normalized spacial score (nSPS) is 23.4. The van der Waals surface area contributed by atoms with Gasteiger partial charge in [-0.3, -0.25) is 4.90 Å². The lowest BCUT2D eigenvalue weighted by molar-refractivity contribution is 0.0857. The van der Waals surface area contributed by atoms with Gasteiger partial charge in [-0.2, -0.15) is 0 Å². The van der Waals surface area contributed by atoms with E-state index in [1.54, 1.807) is 0 Å². The molecule has 1 fully saturated rings. The second kappa shape index (κ2) is 4.42. The van der Waals surface area contributed by atoms with E-state index in [1.165, 1.54) is 19.6 Å². The van der Waals surface area contributed by atoms with Crippen molar-refractivity contribution in [2.75, 3.05) is 26.2 Å². The third kappa shape index (κ3) is 3.76. The Hall–Kier alpha value is -0.0800. The maximum absolute atomic E-state index is 3.56. The molecule has 0 spiro atoms. The first kappa shape index (κ1) is 13.0. The number of rotatable bonds is 3. The van der Waals surface area contributed by atoms with E-state index in [2.05, 4.69) is 51.8 Å². The van der Waals surface area contributed by atoms with Gasteiger partial charge in [-0.15, -0.1) is 0 Å². The summed E-state index contributed by atoms with van der Waals surface area (Å²) in [7, 11) is 0. The van der Waals surface area contributed by atoms with Gasteiger partial charge in [-0.05, 0) is 25.2 Å². The maximum atomic E-state index is 3.56. The van der Waals surface area contributed by atoms with Crippen molar-refractivity contribution in [2.45, 2.75) is 47.1 Å². The Balaban J connectivity index is 2.52. The van der Waals surface area contributed by atoms with Gasteiger partial charge in [0.15, 0.2) is 0 Å². The van der Waals surface area contributed by atoms with Crippen LogP contribution in [-0.4, -0.2) is 36.6 Å². The first-order chi connectivity index (χ1) is 6.73. The summed E-state index contributed by atoms with van der Waals surface area (Å²) in [5.74, 6) is 0.746. The molecule has 0 aromatic rings. The zero-order chi connectivity index (χ0) is 11.7. The average Bonchev–Trinajstić information content (AvgIpc) is 2.00. The van der Waals surface area contributed by atoms with E-state index >= 15 is 0 Å². The number of nitrogens with one attached hydrogen (secondary N) is 1. The lowest BCUT2D eigenvalue weighted by Crippen LogP contribution is -2.58. The van der Waals surface area contributed by atoms with E-state index in [-0.39, 0.29) is 5.54 Å². The Labute approximate surface area is 95.4 Å². The van der Waals surface area contributed by atoms with Gasteiger partial charge in [0.05, 0.1) is 0 Å². The Morgan fingerprint density at radius 1 is 1.33 bits per heavy atom. The van der Waals surface area contributed by atoms with E-state index in [0.717, 1.165) is 12.5 Å². The van der Waals surface area contributed by atoms with Crippen LogP contribution in [0.4, 0.5) is 0 Å². The number of piperazine rings is 1. The summed E-state index contributed by atoms with van der Waals surface area (Å²) in [6.45, 7) is 18.7. The van der Waals surface area contributed by atoms with Gasteiger partial charge in [0.2, 0.25) is 0 Å². The van der Waals surface area contributed by atoms with Crippen LogP contribution in [0, 0.1) is 11.3 Å². The highest BCUT2D eigenvalue weighted by atomic mass is 15.2. The lowest BCUT2D eigenvalue weighted by Gasteiger charge is -2.43. The quantitative estimate of drug-likeness (QED) is 0.772. The molecule has 0 aromatic carbocycles. The fraction of sp³-hybridized carbons (Fsp3) is 1.00. The van der Waals surface area contributed by atoms with Crippen molar-refractivity contribution < 1.29 is 0 Å². The minimum absolute atomic E-state index is 0.283. The van der Waals surface area contributed by atoms with Gasteiger partial charge in [0.25, 0.3) is 0 Å². The molecule has 1 heterocycles. The van der Waals surface area contributed by atoms with Gasteiger partial charge < -0.3 is 5.32 Å². The zero-order valence-corrected chi connectivity index (χ0v) is 11.4. The zero-order valence-electron chi connectivity index (χ0n) is 11.4. The van der Waals surface area contributed by atoms with Crippen LogP contribution in [-0.2, 0) is 0 Å². The minimum Gasteiger partial charge on any atom is -0.309 e. The van der Waals surface area contributed by atoms with Crippen LogP contribution < -0.4 is 5.32 Å². The smallest absolute Gasteiger partial charge is 0.0252 e. The molecule has 0 aliphatic carbocycles. The van der Waals surface area contributed by atoms with Crippen LogP contribution in [0.5, 0.6) is 0 Å². The molecule has 0 unspecified atom stereocenters. The van der Waals surface area contributed by atoms with Gasteiger partial charge in [0.1, 0.15) is 0 Å². The predicted molar refractivity (Wildman–Crippen MR) is 67.1 cm³/mol. The van der Waals surface area contributed by atoms with Crippen LogP contribution in [0.2, 0.25) is 0 Å². The molecule has 1 saturated heterocycles. The summed E-state index contributed by atoms with van der Waals surface area (Å²) < 4.78 is 0. The molecule has 0 bridgehead atoms. The number of hydrogen-bond donors (Lipinski definition) is 1. The van der Waals surface area contributed by atoms with Crippen molar-refractivity contribution in [1.82, 2.24) is 10.2 Å². The Morgan fingerprint density at radius 3 is 2.40 bits per heavy atom. The molecular formula is C13H28N2. The molecule has 90 valence electrons. The summed E-state index contributed by atoms with van der Waals surface area (Å²) in [6, 6.07) is 0. The van der Waals surface area contributed by atoms with Crippen LogP contribution in [0.3, 0.4) is 0 Å². The van der Waals surface area contributed by atoms with Gasteiger partial charge in [-0.1, -0.05) is 27.7 Å². The molecular weight excluding hydrogens is 184 g/mol. The van der Waals surface area contributed by atoms with E-state index < -0.39 is 0 Å². The first-order valence-corrected chi connectivity index (χ1v) is 6.20. The number of hydrogen-bond acceptors (Lipinski definition) is 2. The monoisotopic (exact) mass is 212 g/mol. The average molecular weight is 212 g/mol. The molecule has 1 N–H and O–H groups in total. The highest BCUT2D eigenvalue weighted by Gasteiger charge is 2.31. The fourth-order valence-corrected chi connectivity index (χ4v) is 2.14. The highest BCUT2D eigenvalue weighted by molar-refractivity contribution is 4.89. The molecule has 1 aliphatic heterocycles. The van der Waals surface area contributed by atoms with Crippen LogP contribution in [0.25, 0.3) is 0 Å². The summed E-state index contributed by atoms with van der Waals surface area (Å²) in [4.78, 5) is 2.61. The molecule has 1 rings (SSSR count). The topological polar surface area (TPSA) is 15.3 Å². The van der Waals surface area contributed by atoms with Crippen LogP contribution in [0.15, 0.2) is 0 Å².